The van der Waals surface area contributed by atoms with Crippen LogP contribution < -0.4 is 21.9 Å². The van der Waals surface area contributed by atoms with E-state index in [9.17, 15) is 9.59 Å². The molecule has 1 aromatic heterocycles. The minimum atomic E-state index is -0.511. The maximum absolute atomic E-state index is 15.3. The SMILES string of the molecule is Cc1c(F)c(N2CC[C@H]([C@H](C)N)C2)c(C)c2c1c(=O)[nH]c(=O)n2C1CC1. The van der Waals surface area contributed by atoms with Gasteiger partial charge in [0, 0.05) is 36.3 Å². The lowest BCUT2D eigenvalue weighted by Crippen LogP contribution is -2.33. The molecule has 0 spiro atoms. The zero-order chi connectivity index (χ0) is 18.7. The van der Waals surface area contributed by atoms with Gasteiger partial charge in [-0.1, -0.05) is 0 Å². The molecule has 0 bridgehead atoms. The molecule has 0 amide bonds. The molecular weight excluding hydrogens is 335 g/mol. The van der Waals surface area contributed by atoms with Crippen molar-refractivity contribution in [1.82, 2.24) is 9.55 Å². The molecule has 140 valence electrons. The van der Waals surface area contributed by atoms with E-state index in [0.29, 0.717) is 34.8 Å². The van der Waals surface area contributed by atoms with Crippen molar-refractivity contribution in [3.63, 3.8) is 0 Å². The van der Waals surface area contributed by atoms with E-state index in [1.165, 1.54) is 0 Å². The number of nitrogens with zero attached hydrogens (tertiary/aromatic N) is 2. The van der Waals surface area contributed by atoms with E-state index in [1.54, 1.807) is 11.5 Å². The highest BCUT2D eigenvalue weighted by molar-refractivity contribution is 5.90. The number of rotatable bonds is 3. The third-order valence-electron chi connectivity index (χ3n) is 5.96. The summed E-state index contributed by atoms with van der Waals surface area (Å²) < 4.78 is 16.9. The van der Waals surface area contributed by atoms with E-state index in [1.807, 2.05) is 18.7 Å². The van der Waals surface area contributed by atoms with Crippen molar-refractivity contribution in [2.45, 2.75) is 52.1 Å². The summed E-state index contributed by atoms with van der Waals surface area (Å²) in [5.41, 5.74) is 7.19. The quantitative estimate of drug-likeness (QED) is 0.876. The number of nitrogens with one attached hydrogen (secondary N) is 1. The van der Waals surface area contributed by atoms with Crippen LogP contribution in [0.4, 0.5) is 10.1 Å². The number of aromatic amines is 1. The molecule has 1 saturated heterocycles. The lowest BCUT2D eigenvalue weighted by atomic mass is 10.0. The third kappa shape index (κ3) is 2.48. The van der Waals surface area contributed by atoms with Crippen molar-refractivity contribution >= 4 is 16.6 Å². The predicted octanol–water partition coefficient (Wildman–Crippen LogP) is 1.95. The summed E-state index contributed by atoms with van der Waals surface area (Å²) in [6, 6.07) is 0.145. The molecule has 1 aromatic carbocycles. The van der Waals surface area contributed by atoms with Gasteiger partial charge in [0.15, 0.2) is 5.82 Å². The maximum atomic E-state index is 15.3. The van der Waals surface area contributed by atoms with Crippen molar-refractivity contribution in [3.8, 4) is 0 Å². The fourth-order valence-electron chi connectivity index (χ4n) is 4.31. The number of nitrogens with two attached hydrogens (primary N) is 1. The molecule has 6 nitrogen and oxygen atoms in total. The van der Waals surface area contributed by atoms with Crippen molar-refractivity contribution in [2.75, 3.05) is 18.0 Å². The number of aryl methyl sites for hydroxylation is 2. The van der Waals surface area contributed by atoms with Crippen LogP contribution in [-0.4, -0.2) is 28.7 Å². The molecule has 1 saturated carbocycles. The van der Waals surface area contributed by atoms with Crippen molar-refractivity contribution in [2.24, 2.45) is 11.7 Å². The van der Waals surface area contributed by atoms with Crippen molar-refractivity contribution in [1.29, 1.82) is 0 Å². The molecular formula is C19H25FN4O2. The lowest BCUT2D eigenvalue weighted by molar-refractivity contribution is 0.487. The Kier molecular flexibility index (Phi) is 3.95. The Hall–Kier alpha value is -2.15. The van der Waals surface area contributed by atoms with Crippen LogP contribution >= 0.6 is 0 Å². The van der Waals surface area contributed by atoms with Gasteiger partial charge < -0.3 is 10.6 Å². The summed E-state index contributed by atoms with van der Waals surface area (Å²) in [5, 5.41) is 0.290. The second kappa shape index (κ2) is 5.94. The number of hydrogen-bond donors (Lipinski definition) is 2. The number of anilines is 1. The maximum Gasteiger partial charge on any atom is 0.329 e. The standard InChI is InChI=1S/C19H25FN4O2/c1-9-14-16(24(13-4-5-13)19(26)22-18(14)25)10(2)17(15(9)20)23-7-6-12(8-23)11(3)21/h11-13H,4-8,21H2,1-3H3,(H,22,25,26)/t11-,12-/m0/s1. The van der Waals surface area contributed by atoms with Crippen molar-refractivity contribution < 1.29 is 4.39 Å². The fourth-order valence-corrected chi connectivity index (χ4v) is 4.31. The Labute approximate surface area is 150 Å². The average Bonchev–Trinajstić information content (AvgIpc) is 3.28. The smallest absolute Gasteiger partial charge is 0.329 e. The molecule has 7 heteroatoms. The van der Waals surface area contributed by atoms with Crippen LogP contribution in [-0.2, 0) is 0 Å². The molecule has 1 aliphatic heterocycles. The van der Waals surface area contributed by atoms with E-state index in [2.05, 4.69) is 4.98 Å². The molecule has 3 N–H and O–H groups in total. The van der Waals surface area contributed by atoms with Crippen LogP contribution in [0.15, 0.2) is 9.59 Å². The van der Waals surface area contributed by atoms with Crippen LogP contribution in [0.5, 0.6) is 0 Å². The number of aromatic nitrogens is 2. The highest BCUT2D eigenvalue weighted by Gasteiger charge is 2.33. The van der Waals surface area contributed by atoms with Gasteiger partial charge in [0.1, 0.15) is 0 Å². The van der Waals surface area contributed by atoms with Crippen LogP contribution in [0.25, 0.3) is 10.9 Å². The summed E-state index contributed by atoms with van der Waals surface area (Å²) >= 11 is 0. The Morgan fingerprint density at radius 1 is 1.19 bits per heavy atom. The first-order valence-corrected chi connectivity index (χ1v) is 9.29. The fraction of sp³-hybridized carbons (Fsp3) is 0.579. The van der Waals surface area contributed by atoms with E-state index < -0.39 is 11.2 Å². The molecule has 2 fully saturated rings. The number of fused-ring (bicyclic) bond motifs is 1. The van der Waals surface area contributed by atoms with Gasteiger partial charge in [-0.05, 0) is 46.0 Å². The van der Waals surface area contributed by atoms with Crippen LogP contribution in [0.3, 0.4) is 0 Å². The highest BCUT2D eigenvalue weighted by atomic mass is 19.1. The number of H-pyrrole nitrogens is 1. The Morgan fingerprint density at radius 2 is 1.88 bits per heavy atom. The first-order chi connectivity index (χ1) is 12.3. The monoisotopic (exact) mass is 360 g/mol. The largest absolute Gasteiger partial charge is 0.369 e. The molecule has 2 aromatic rings. The van der Waals surface area contributed by atoms with Gasteiger partial charge in [-0.15, -0.1) is 0 Å². The number of halogens is 1. The summed E-state index contributed by atoms with van der Waals surface area (Å²) in [6.07, 6.45) is 2.73. The Morgan fingerprint density at radius 3 is 2.46 bits per heavy atom. The van der Waals surface area contributed by atoms with Gasteiger partial charge >= 0.3 is 5.69 Å². The molecule has 2 atom stereocenters. The third-order valence-corrected chi connectivity index (χ3v) is 5.96. The first-order valence-electron chi connectivity index (χ1n) is 9.29. The summed E-state index contributed by atoms with van der Waals surface area (Å²) in [7, 11) is 0. The van der Waals surface area contributed by atoms with Crippen LogP contribution in [0.2, 0.25) is 0 Å². The minimum Gasteiger partial charge on any atom is -0.369 e. The van der Waals surface area contributed by atoms with Gasteiger partial charge in [-0.25, -0.2) is 9.18 Å². The minimum absolute atomic E-state index is 0.0532. The average molecular weight is 360 g/mol. The number of hydrogen-bond acceptors (Lipinski definition) is 4. The highest BCUT2D eigenvalue weighted by Crippen LogP contribution is 2.40. The summed E-state index contributed by atoms with van der Waals surface area (Å²) in [5.74, 6) is -0.0542. The first kappa shape index (κ1) is 17.3. The van der Waals surface area contributed by atoms with E-state index >= 15 is 4.39 Å². The Balaban J connectivity index is 2.00. The zero-order valence-electron chi connectivity index (χ0n) is 15.4. The summed E-state index contributed by atoms with van der Waals surface area (Å²) in [6.45, 7) is 6.84. The topological polar surface area (TPSA) is 84.1 Å². The van der Waals surface area contributed by atoms with E-state index in [-0.39, 0.29) is 23.3 Å². The molecule has 26 heavy (non-hydrogen) atoms. The molecule has 4 rings (SSSR count). The normalized spacial score (nSPS) is 21.6. The molecule has 1 aliphatic carbocycles. The van der Waals surface area contributed by atoms with Crippen molar-refractivity contribution in [3.05, 3.63) is 37.8 Å². The molecule has 2 heterocycles. The second-order valence-corrected chi connectivity index (χ2v) is 7.85. The molecule has 0 radical (unpaired) electrons. The lowest BCUT2D eigenvalue weighted by Gasteiger charge is -2.25. The number of benzene rings is 1. The van der Waals surface area contributed by atoms with Gasteiger partial charge in [0.2, 0.25) is 0 Å². The predicted molar refractivity (Wildman–Crippen MR) is 101 cm³/mol. The van der Waals surface area contributed by atoms with Crippen LogP contribution in [0.1, 0.15) is 43.4 Å². The van der Waals surface area contributed by atoms with Gasteiger partial charge in [-0.2, -0.15) is 0 Å². The van der Waals surface area contributed by atoms with E-state index in [4.69, 9.17) is 5.73 Å². The van der Waals surface area contributed by atoms with Gasteiger partial charge in [0.25, 0.3) is 5.56 Å². The van der Waals surface area contributed by atoms with Gasteiger partial charge in [0.05, 0.1) is 16.6 Å². The van der Waals surface area contributed by atoms with E-state index in [0.717, 1.165) is 25.8 Å². The second-order valence-electron chi connectivity index (χ2n) is 7.85. The Bertz CT molecular complexity index is 1000. The summed E-state index contributed by atoms with van der Waals surface area (Å²) in [4.78, 5) is 29.3. The molecule has 2 aliphatic rings. The molecule has 0 unspecified atom stereocenters. The zero-order valence-corrected chi connectivity index (χ0v) is 15.4. The van der Waals surface area contributed by atoms with Gasteiger partial charge in [-0.3, -0.25) is 14.3 Å². The van der Waals surface area contributed by atoms with Crippen LogP contribution in [0, 0.1) is 25.6 Å².